The highest BCUT2D eigenvalue weighted by Gasteiger charge is 2.09. The van der Waals surface area contributed by atoms with E-state index < -0.39 is 0 Å². The van der Waals surface area contributed by atoms with Crippen molar-refractivity contribution in [1.29, 1.82) is 5.26 Å². The molecule has 2 aromatic carbocycles. The van der Waals surface area contributed by atoms with Gasteiger partial charge >= 0.3 is 0 Å². The van der Waals surface area contributed by atoms with Gasteiger partial charge in [0.15, 0.2) is 0 Å². The fourth-order valence-electron chi connectivity index (χ4n) is 2.16. The fraction of sp³-hybridized carbons (Fsp3) is 0.0526. The molecule has 1 aromatic heterocycles. The third-order valence-electron chi connectivity index (χ3n) is 3.42. The quantitative estimate of drug-likeness (QED) is 0.395. The molecule has 0 spiro atoms. The van der Waals surface area contributed by atoms with Gasteiger partial charge in [0, 0.05) is 14.5 Å². The van der Waals surface area contributed by atoms with E-state index in [4.69, 9.17) is 4.74 Å². The third-order valence-corrected chi connectivity index (χ3v) is 5.02. The van der Waals surface area contributed by atoms with Gasteiger partial charge in [-0.2, -0.15) is 5.26 Å². The van der Waals surface area contributed by atoms with Crippen LogP contribution in [0.3, 0.4) is 0 Å². The number of halogens is 1. The highest BCUT2D eigenvalue weighted by Crippen LogP contribution is 2.28. The molecule has 0 unspecified atom stereocenters. The molecule has 0 aliphatic rings. The first-order valence-electron chi connectivity index (χ1n) is 7.17. The van der Waals surface area contributed by atoms with Crippen LogP contribution < -0.4 is 4.74 Å². The second-order valence-corrected chi connectivity index (χ2v) is 7.09. The van der Waals surface area contributed by atoms with Crippen molar-refractivity contribution in [2.75, 3.05) is 7.11 Å². The van der Waals surface area contributed by atoms with Gasteiger partial charge in [0.25, 0.3) is 0 Å². The highest BCUT2D eigenvalue weighted by atomic mass is 127. The average Bonchev–Trinajstić information content (AvgIpc) is 3.11. The minimum Gasteiger partial charge on any atom is -0.497 e. The van der Waals surface area contributed by atoms with Crippen LogP contribution in [0, 0.1) is 14.9 Å². The molecule has 0 fully saturated rings. The van der Waals surface area contributed by atoms with E-state index >= 15 is 0 Å². The third kappa shape index (κ3) is 3.83. The minimum atomic E-state index is 0.570. The molecule has 0 aliphatic heterocycles. The molecule has 0 aliphatic carbocycles. The summed E-state index contributed by atoms with van der Waals surface area (Å²) in [5, 5.41) is 12.2. The Morgan fingerprint density at radius 2 is 1.88 bits per heavy atom. The van der Waals surface area contributed by atoms with Gasteiger partial charge in [-0.25, -0.2) is 4.98 Å². The Balaban J connectivity index is 1.90. The summed E-state index contributed by atoms with van der Waals surface area (Å²) < 4.78 is 6.34. The number of hydrogen-bond acceptors (Lipinski definition) is 4. The van der Waals surface area contributed by atoms with E-state index in [1.807, 2.05) is 60.0 Å². The van der Waals surface area contributed by atoms with E-state index in [1.165, 1.54) is 14.9 Å². The van der Waals surface area contributed by atoms with Gasteiger partial charge in [0.2, 0.25) is 0 Å². The molecule has 0 amide bonds. The molecule has 24 heavy (non-hydrogen) atoms. The molecule has 3 rings (SSSR count). The Bertz CT molecular complexity index is 906. The van der Waals surface area contributed by atoms with Crippen molar-refractivity contribution in [3.8, 4) is 23.1 Å². The van der Waals surface area contributed by atoms with Crippen molar-refractivity contribution in [2.45, 2.75) is 0 Å². The molecule has 3 aromatic rings. The average molecular weight is 444 g/mol. The Labute approximate surface area is 158 Å². The normalized spacial score (nSPS) is 11.1. The first-order chi connectivity index (χ1) is 11.7. The first kappa shape index (κ1) is 16.7. The monoisotopic (exact) mass is 444 g/mol. The zero-order valence-corrected chi connectivity index (χ0v) is 15.8. The summed E-state index contributed by atoms with van der Waals surface area (Å²) in [4.78, 5) is 4.61. The van der Waals surface area contributed by atoms with Crippen molar-refractivity contribution in [3.05, 3.63) is 68.1 Å². The zero-order valence-electron chi connectivity index (χ0n) is 12.9. The van der Waals surface area contributed by atoms with Gasteiger partial charge in [-0.05, 0) is 70.6 Å². The zero-order chi connectivity index (χ0) is 16.9. The summed E-state index contributed by atoms with van der Waals surface area (Å²) in [6.45, 7) is 0. The first-order valence-corrected chi connectivity index (χ1v) is 9.13. The topological polar surface area (TPSA) is 45.9 Å². The molecular formula is C19H13IN2OS. The van der Waals surface area contributed by atoms with Crippen molar-refractivity contribution in [1.82, 2.24) is 4.98 Å². The lowest BCUT2D eigenvalue weighted by Gasteiger charge is -2.00. The SMILES string of the molecule is COc1ccc(-c2csc(C(C#N)=Cc3ccc(I)cc3)n2)cc1. The lowest BCUT2D eigenvalue weighted by atomic mass is 10.1. The largest absolute Gasteiger partial charge is 0.497 e. The second-order valence-electron chi connectivity index (χ2n) is 4.99. The summed E-state index contributed by atoms with van der Waals surface area (Å²) in [6, 6.07) is 18.0. The van der Waals surface area contributed by atoms with Crippen LogP contribution in [0.5, 0.6) is 5.75 Å². The maximum atomic E-state index is 9.47. The molecule has 0 N–H and O–H groups in total. The van der Waals surface area contributed by atoms with Crippen molar-refractivity contribution >= 4 is 45.6 Å². The van der Waals surface area contributed by atoms with Crippen LogP contribution in [-0.4, -0.2) is 12.1 Å². The number of rotatable bonds is 4. The molecule has 118 valence electrons. The van der Waals surface area contributed by atoms with E-state index in [0.717, 1.165) is 27.6 Å². The van der Waals surface area contributed by atoms with E-state index in [9.17, 15) is 5.26 Å². The molecule has 0 saturated carbocycles. The number of allylic oxidation sites excluding steroid dienone is 1. The van der Waals surface area contributed by atoms with Gasteiger partial charge in [0.05, 0.1) is 18.4 Å². The van der Waals surface area contributed by atoms with Crippen LogP contribution in [0.2, 0.25) is 0 Å². The highest BCUT2D eigenvalue weighted by molar-refractivity contribution is 14.1. The summed E-state index contributed by atoms with van der Waals surface area (Å²) in [6.07, 6.45) is 1.87. The number of benzene rings is 2. The summed E-state index contributed by atoms with van der Waals surface area (Å²) in [5.74, 6) is 0.811. The number of ether oxygens (including phenoxy) is 1. The van der Waals surface area contributed by atoms with Gasteiger partial charge in [0.1, 0.15) is 16.8 Å². The van der Waals surface area contributed by atoms with Gasteiger partial charge in [-0.3, -0.25) is 0 Å². The summed E-state index contributed by atoms with van der Waals surface area (Å²) >= 11 is 3.74. The Morgan fingerprint density at radius 3 is 2.50 bits per heavy atom. The molecule has 1 heterocycles. The van der Waals surface area contributed by atoms with Gasteiger partial charge in [-0.15, -0.1) is 11.3 Å². The molecule has 0 radical (unpaired) electrons. The maximum Gasteiger partial charge on any atom is 0.134 e. The molecule has 0 atom stereocenters. The molecular weight excluding hydrogens is 431 g/mol. The minimum absolute atomic E-state index is 0.570. The van der Waals surface area contributed by atoms with E-state index in [0.29, 0.717) is 5.57 Å². The van der Waals surface area contributed by atoms with Crippen LogP contribution in [0.15, 0.2) is 53.9 Å². The van der Waals surface area contributed by atoms with Gasteiger partial charge in [-0.1, -0.05) is 12.1 Å². The number of thiazole rings is 1. The number of hydrogen-bond donors (Lipinski definition) is 0. The second kappa shape index (κ2) is 7.60. The molecule has 0 bridgehead atoms. The van der Waals surface area contributed by atoms with E-state index in [2.05, 4.69) is 33.6 Å². The molecule has 5 heteroatoms. The van der Waals surface area contributed by atoms with Crippen LogP contribution in [0.1, 0.15) is 10.6 Å². The Kier molecular flexibility index (Phi) is 5.28. The van der Waals surface area contributed by atoms with Crippen LogP contribution in [0.4, 0.5) is 0 Å². The summed E-state index contributed by atoms with van der Waals surface area (Å²) in [7, 11) is 1.64. The van der Waals surface area contributed by atoms with Crippen molar-refractivity contribution in [2.24, 2.45) is 0 Å². The maximum absolute atomic E-state index is 9.47. The number of aromatic nitrogens is 1. The van der Waals surface area contributed by atoms with Crippen molar-refractivity contribution in [3.63, 3.8) is 0 Å². The number of methoxy groups -OCH3 is 1. The van der Waals surface area contributed by atoms with Crippen LogP contribution in [-0.2, 0) is 0 Å². The number of nitriles is 1. The summed E-state index contributed by atoms with van der Waals surface area (Å²) in [5.41, 5.74) is 3.43. The smallest absolute Gasteiger partial charge is 0.134 e. The Morgan fingerprint density at radius 1 is 1.17 bits per heavy atom. The lowest BCUT2D eigenvalue weighted by Crippen LogP contribution is -1.84. The van der Waals surface area contributed by atoms with E-state index in [-0.39, 0.29) is 0 Å². The predicted octanol–water partition coefficient (Wildman–Crippen LogP) is 5.49. The Hall–Kier alpha value is -2.17. The predicted molar refractivity (Wildman–Crippen MR) is 107 cm³/mol. The van der Waals surface area contributed by atoms with Crippen molar-refractivity contribution < 1.29 is 4.74 Å². The van der Waals surface area contributed by atoms with Crippen LogP contribution in [0.25, 0.3) is 22.9 Å². The molecule has 3 nitrogen and oxygen atoms in total. The van der Waals surface area contributed by atoms with Gasteiger partial charge < -0.3 is 4.74 Å². The number of nitrogens with zero attached hydrogens (tertiary/aromatic N) is 2. The fourth-order valence-corrected chi connectivity index (χ4v) is 3.31. The van der Waals surface area contributed by atoms with Crippen LogP contribution >= 0.6 is 33.9 Å². The standard InChI is InChI=1S/C19H13IN2OS/c1-23-17-8-4-14(5-9-17)18-12-24-19(22-18)15(11-21)10-13-2-6-16(20)7-3-13/h2-10,12H,1H3. The lowest BCUT2D eigenvalue weighted by molar-refractivity contribution is 0.415. The molecule has 0 saturated heterocycles. The van der Waals surface area contributed by atoms with E-state index in [1.54, 1.807) is 7.11 Å².